The van der Waals surface area contributed by atoms with E-state index in [1.807, 2.05) is 4.68 Å². The van der Waals surface area contributed by atoms with Crippen molar-refractivity contribution in [3.8, 4) is 0 Å². The zero-order chi connectivity index (χ0) is 11.7. The Morgan fingerprint density at radius 1 is 1.41 bits per heavy atom. The first-order chi connectivity index (χ1) is 8.33. The zero-order valence-corrected chi connectivity index (χ0v) is 10.8. The first-order valence-electron chi connectivity index (χ1n) is 5.62. The molecule has 17 heavy (non-hydrogen) atoms. The molecule has 2 aromatic heterocycles. The summed E-state index contributed by atoms with van der Waals surface area (Å²) in [5, 5.41) is 8.12. The average Bonchev–Trinajstić information content (AvgIpc) is 2.73. The van der Waals surface area contributed by atoms with Crippen LogP contribution < -0.4 is 0 Å². The Kier molecular flexibility index (Phi) is 3.02. The molecule has 6 nitrogen and oxygen atoms in total. The molecular weight excluding hydrogens is 286 g/mol. The van der Waals surface area contributed by atoms with Crippen LogP contribution in [0.2, 0.25) is 0 Å². The highest BCUT2D eigenvalue weighted by atomic mass is 79.9. The van der Waals surface area contributed by atoms with E-state index in [0.717, 1.165) is 38.2 Å². The second-order valence-electron chi connectivity index (χ2n) is 4.17. The number of hydrogen-bond acceptors (Lipinski definition) is 5. The van der Waals surface area contributed by atoms with Crippen molar-refractivity contribution in [2.24, 2.45) is 5.92 Å². The van der Waals surface area contributed by atoms with Crippen LogP contribution >= 0.6 is 15.9 Å². The normalized spacial score (nSPS) is 17.7. The van der Waals surface area contributed by atoms with Gasteiger partial charge in [0.1, 0.15) is 4.60 Å². The van der Waals surface area contributed by atoms with Crippen molar-refractivity contribution in [1.82, 2.24) is 25.0 Å². The van der Waals surface area contributed by atoms with E-state index in [-0.39, 0.29) is 0 Å². The van der Waals surface area contributed by atoms with Gasteiger partial charge in [-0.15, -0.1) is 5.10 Å². The minimum Gasteiger partial charge on any atom is -0.381 e. The number of aromatic nitrogens is 5. The van der Waals surface area contributed by atoms with Crippen LogP contribution in [0, 0.1) is 5.92 Å². The Morgan fingerprint density at radius 3 is 3.06 bits per heavy atom. The van der Waals surface area contributed by atoms with Crippen LogP contribution in [0.5, 0.6) is 0 Å². The fourth-order valence-electron chi connectivity index (χ4n) is 2.03. The van der Waals surface area contributed by atoms with Crippen LogP contribution in [0.3, 0.4) is 0 Å². The second-order valence-corrected chi connectivity index (χ2v) is 4.98. The highest BCUT2D eigenvalue weighted by molar-refractivity contribution is 9.10. The van der Waals surface area contributed by atoms with Crippen molar-refractivity contribution in [2.75, 3.05) is 13.2 Å². The van der Waals surface area contributed by atoms with Gasteiger partial charge in [0.05, 0.1) is 6.20 Å². The minimum atomic E-state index is 0.592. The van der Waals surface area contributed by atoms with Crippen molar-refractivity contribution in [2.45, 2.75) is 19.4 Å². The van der Waals surface area contributed by atoms with E-state index in [1.54, 1.807) is 6.20 Å². The van der Waals surface area contributed by atoms with Crippen molar-refractivity contribution < 1.29 is 4.74 Å². The third kappa shape index (κ3) is 2.30. The molecule has 2 aromatic rings. The van der Waals surface area contributed by atoms with Gasteiger partial charge in [0.2, 0.25) is 5.65 Å². The smallest absolute Gasteiger partial charge is 0.221 e. The van der Waals surface area contributed by atoms with Gasteiger partial charge in [-0.2, -0.15) is 0 Å². The molecule has 0 spiro atoms. The number of halogens is 1. The molecule has 0 atom stereocenters. The van der Waals surface area contributed by atoms with E-state index >= 15 is 0 Å². The minimum absolute atomic E-state index is 0.592. The molecule has 0 bridgehead atoms. The summed E-state index contributed by atoms with van der Waals surface area (Å²) in [5.74, 6) is 0.592. The maximum Gasteiger partial charge on any atom is 0.221 e. The third-order valence-electron chi connectivity index (χ3n) is 2.97. The Balaban J connectivity index is 1.86. The number of hydrogen-bond donors (Lipinski definition) is 0. The maximum atomic E-state index is 5.34. The first-order valence-corrected chi connectivity index (χ1v) is 6.42. The van der Waals surface area contributed by atoms with Gasteiger partial charge in [-0.3, -0.25) is 0 Å². The highest BCUT2D eigenvalue weighted by Crippen LogP contribution is 2.18. The molecule has 3 heterocycles. The molecule has 1 saturated heterocycles. The molecule has 90 valence electrons. The van der Waals surface area contributed by atoms with Gasteiger partial charge in [-0.25, -0.2) is 14.6 Å². The average molecular weight is 298 g/mol. The van der Waals surface area contributed by atoms with Crippen LogP contribution in [-0.4, -0.2) is 38.2 Å². The van der Waals surface area contributed by atoms with Gasteiger partial charge in [0, 0.05) is 19.8 Å². The highest BCUT2D eigenvalue weighted by Gasteiger charge is 2.17. The summed E-state index contributed by atoms with van der Waals surface area (Å²) in [6.45, 7) is 2.52. The van der Waals surface area contributed by atoms with Crippen molar-refractivity contribution >= 4 is 27.2 Å². The molecular formula is C10H12BrN5O. The topological polar surface area (TPSA) is 65.7 Å². The van der Waals surface area contributed by atoms with Gasteiger partial charge >= 0.3 is 0 Å². The van der Waals surface area contributed by atoms with E-state index in [1.165, 1.54) is 0 Å². The summed E-state index contributed by atoms with van der Waals surface area (Å²) >= 11 is 3.31. The number of rotatable bonds is 2. The predicted octanol–water partition coefficient (Wildman–Crippen LogP) is 1.41. The monoisotopic (exact) mass is 297 g/mol. The van der Waals surface area contributed by atoms with Gasteiger partial charge in [0.25, 0.3) is 0 Å². The van der Waals surface area contributed by atoms with Crippen LogP contribution in [0.1, 0.15) is 12.8 Å². The zero-order valence-electron chi connectivity index (χ0n) is 9.21. The lowest BCUT2D eigenvalue weighted by molar-refractivity contribution is 0.0603. The van der Waals surface area contributed by atoms with E-state index in [0.29, 0.717) is 16.2 Å². The summed E-state index contributed by atoms with van der Waals surface area (Å²) in [5.41, 5.74) is 1.34. The van der Waals surface area contributed by atoms with Crippen LogP contribution in [-0.2, 0) is 11.3 Å². The molecule has 0 unspecified atom stereocenters. The Labute approximate surface area is 107 Å². The molecule has 7 heteroatoms. The molecule has 0 aliphatic carbocycles. The lowest BCUT2D eigenvalue weighted by Gasteiger charge is -2.21. The van der Waals surface area contributed by atoms with Crippen LogP contribution in [0.15, 0.2) is 10.8 Å². The van der Waals surface area contributed by atoms with Gasteiger partial charge < -0.3 is 4.74 Å². The van der Waals surface area contributed by atoms with E-state index < -0.39 is 0 Å². The molecule has 0 amide bonds. The fourth-order valence-corrected chi connectivity index (χ4v) is 2.30. The van der Waals surface area contributed by atoms with Gasteiger partial charge in [0.15, 0.2) is 5.65 Å². The molecule has 0 saturated carbocycles. The Bertz CT molecular complexity index is 522. The summed E-state index contributed by atoms with van der Waals surface area (Å²) in [6.07, 6.45) is 3.78. The van der Waals surface area contributed by atoms with Crippen molar-refractivity contribution in [3.05, 3.63) is 10.8 Å². The molecule has 0 radical (unpaired) electrons. The lowest BCUT2D eigenvalue weighted by Crippen LogP contribution is -2.21. The Morgan fingerprint density at radius 2 is 2.24 bits per heavy atom. The number of ether oxygens (including phenoxy) is 1. The van der Waals surface area contributed by atoms with Crippen LogP contribution in [0.25, 0.3) is 11.3 Å². The quantitative estimate of drug-likeness (QED) is 0.838. The van der Waals surface area contributed by atoms with E-state index in [9.17, 15) is 0 Å². The molecule has 1 fully saturated rings. The van der Waals surface area contributed by atoms with Crippen molar-refractivity contribution in [3.63, 3.8) is 0 Å². The third-order valence-corrected chi connectivity index (χ3v) is 3.35. The van der Waals surface area contributed by atoms with Crippen molar-refractivity contribution in [1.29, 1.82) is 0 Å². The number of nitrogens with zero attached hydrogens (tertiary/aromatic N) is 5. The van der Waals surface area contributed by atoms with Gasteiger partial charge in [-0.05, 0) is 34.7 Å². The fraction of sp³-hybridized carbons (Fsp3) is 0.600. The Hall–Kier alpha value is -1.08. The maximum absolute atomic E-state index is 5.34. The molecule has 0 aromatic carbocycles. The second kappa shape index (κ2) is 4.66. The standard InChI is InChI=1S/C10H12BrN5O/c11-8-5-12-9-10(13-8)16(15-14-9)6-7-1-3-17-4-2-7/h5,7H,1-4,6H2. The predicted molar refractivity (Wildman–Crippen MR) is 64.4 cm³/mol. The molecule has 1 aliphatic heterocycles. The molecule has 1 aliphatic rings. The summed E-state index contributed by atoms with van der Waals surface area (Å²) in [6, 6.07) is 0. The summed E-state index contributed by atoms with van der Waals surface area (Å²) in [7, 11) is 0. The molecule has 0 N–H and O–H groups in total. The summed E-state index contributed by atoms with van der Waals surface area (Å²) in [4.78, 5) is 8.53. The first kappa shape index (κ1) is 11.0. The van der Waals surface area contributed by atoms with Crippen LogP contribution in [0.4, 0.5) is 0 Å². The largest absolute Gasteiger partial charge is 0.381 e. The van der Waals surface area contributed by atoms with E-state index in [2.05, 4.69) is 36.2 Å². The van der Waals surface area contributed by atoms with Gasteiger partial charge in [-0.1, -0.05) is 5.21 Å². The summed E-state index contributed by atoms with van der Waals surface area (Å²) < 4.78 is 7.89. The molecule has 3 rings (SSSR count). The SMILES string of the molecule is Brc1cnc2nnn(CC3CCOCC3)c2n1. The number of fused-ring (bicyclic) bond motifs is 1. The van der Waals surface area contributed by atoms with E-state index in [4.69, 9.17) is 4.74 Å². The lowest BCUT2D eigenvalue weighted by atomic mass is 10.0.